The molecule has 0 unspecified atom stereocenters. The number of hydrogen-bond acceptors (Lipinski definition) is 4. The summed E-state index contributed by atoms with van der Waals surface area (Å²) < 4.78 is 12.3. The lowest BCUT2D eigenvalue weighted by Crippen LogP contribution is -2.31. The predicted molar refractivity (Wildman–Crippen MR) is 128 cm³/mol. The fourth-order valence-corrected chi connectivity index (χ4v) is 4.59. The molecule has 0 radical (unpaired) electrons. The first-order chi connectivity index (χ1) is 14.7. The SMILES string of the molecule is COc1cc(CNC2CCCCC2)cc(I)c1OCC(=O)NCCc1ccccc1. The Morgan fingerprint density at radius 3 is 2.60 bits per heavy atom. The second-order valence-electron chi connectivity index (χ2n) is 7.70. The first kappa shape index (κ1) is 22.9. The Hall–Kier alpha value is -1.80. The molecule has 0 spiro atoms. The zero-order valence-electron chi connectivity index (χ0n) is 17.6. The van der Waals surface area contributed by atoms with E-state index in [0.29, 0.717) is 24.1 Å². The van der Waals surface area contributed by atoms with Gasteiger partial charge in [0.05, 0.1) is 10.7 Å². The monoisotopic (exact) mass is 522 g/mol. The van der Waals surface area contributed by atoms with Gasteiger partial charge in [0.25, 0.3) is 5.91 Å². The van der Waals surface area contributed by atoms with Gasteiger partial charge < -0.3 is 20.1 Å². The molecule has 1 saturated carbocycles. The van der Waals surface area contributed by atoms with Gasteiger partial charge in [-0.15, -0.1) is 0 Å². The number of nitrogens with one attached hydrogen (secondary N) is 2. The number of ether oxygens (including phenoxy) is 2. The van der Waals surface area contributed by atoms with Crippen LogP contribution in [0.1, 0.15) is 43.2 Å². The smallest absolute Gasteiger partial charge is 0.257 e. The van der Waals surface area contributed by atoms with E-state index in [1.807, 2.05) is 24.3 Å². The molecule has 162 valence electrons. The van der Waals surface area contributed by atoms with Crippen LogP contribution in [0.25, 0.3) is 0 Å². The van der Waals surface area contributed by atoms with E-state index in [1.165, 1.54) is 43.2 Å². The molecule has 0 aromatic heterocycles. The van der Waals surface area contributed by atoms with Crippen LogP contribution in [-0.4, -0.2) is 32.2 Å². The molecule has 0 saturated heterocycles. The van der Waals surface area contributed by atoms with E-state index in [0.717, 1.165) is 16.5 Å². The Balaban J connectivity index is 1.48. The highest BCUT2D eigenvalue weighted by Gasteiger charge is 2.16. The molecule has 1 aliphatic rings. The van der Waals surface area contributed by atoms with Crippen molar-refractivity contribution in [2.45, 2.75) is 51.1 Å². The van der Waals surface area contributed by atoms with Crippen LogP contribution < -0.4 is 20.1 Å². The lowest BCUT2D eigenvalue weighted by molar-refractivity contribution is -0.123. The molecule has 1 fully saturated rings. The van der Waals surface area contributed by atoms with Crippen LogP contribution in [-0.2, 0) is 17.8 Å². The summed E-state index contributed by atoms with van der Waals surface area (Å²) in [6.07, 6.45) is 7.31. The summed E-state index contributed by atoms with van der Waals surface area (Å²) in [5.74, 6) is 1.16. The van der Waals surface area contributed by atoms with Crippen LogP contribution in [0.3, 0.4) is 0 Å². The highest BCUT2D eigenvalue weighted by molar-refractivity contribution is 14.1. The van der Waals surface area contributed by atoms with Crippen molar-refractivity contribution in [1.29, 1.82) is 0 Å². The van der Waals surface area contributed by atoms with E-state index in [4.69, 9.17) is 9.47 Å². The maximum atomic E-state index is 12.2. The summed E-state index contributed by atoms with van der Waals surface area (Å²) in [6.45, 7) is 1.38. The average molecular weight is 522 g/mol. The average Bonchev–Trinajstić information content (AvgIpc) is 2.78. The van der Waals surface area contributed by atoms with Gasteiger partial charge in [0.2, 0.25) is 0 Å². The predicted octanol–water partition coefficient (Wildman–Crippen LogP) is 4.46. The molecule has 2 aromatic carbocycles. The standard InChI is InChI=1S/C24H31IN2O3/c1-29-22-15-19(16-27-20-10-6-3-7-11-20)14-21(25)24(22)30-17-23(28)26-13-12-18-8-4-2-5-9-18/h2,4-5,8-9,14-15,20,27H,3,6-7,10-13,16-17H2,1H3,(H,26,28). The second kappa shape index (κ2) is 12.2. The van der Waals surface area contributed by atoms with E-state index < -0.39 is 0 Å². The first-order valence-corrected chi connectivity index (χ1v) is 11.8. The number of hydrogen-bond donors (Lipinski definition) is 2. The van der Waals surface area contributed by atoms with Crippen molar-refractivity contribution in [2.24, 2.45) is 0 Å². The number of rotatable bonds is 10. The molecule has 0 aliphatic heterocycles. The van der Waals surface area contributed by atoms with Crippen molar-refractivity contribution in [1.82, 2.24) is 10.6 Å². The van der Waals surface area contributed by atoms with Gasteiger partial charge in [0, 0.05) is 19.1 Å². The molecule has 0 heterocycles. The van der Waals surface area contributed by atoms with E-state index >= 15 is 0 Å². The molecule has 0 bridgehead atoms. The fraction of sp³-hybridized carbons (Fsp3) is 0.458. The summed E-state index contributed by atoms with van der Waals surface area (Å²) in [5.41, 5.74) is 2.37. The second-order valence-corrected chi connectivity index (χ2v) is 8.86. The Morgan fingerprint density at radius 2 is 1.87 bits per heavy atom. The molecule has 5 nitrogen and oxygen atoms in total. The van der Waals surface area contributed by atoms with Gasteiger partial charge in [-0.05, 0) is 65.1 Å². The zero-order valence-corrected chi connectivity index (χ0v) is 19.7. The topological polar surface area (TPSA) is 59.6 Å². The van der Waals surface area contributed by atoms with Crippen LogP contribution in [0.4, 0.5) is 0 Å². The summed E-state index contributed by atoms with van der Waals surface area (Å²) >= 11 is 2.25. The number of benzene rings is 2. The lowest BCUT2D eigenvalue weighted by atomic mass is 9.95. The van der Waals surface area contributed by atoms with Gasteiger partial charge in [-0.25, -0.2) is 0 Å². The van der Waals surface area contributed by atoms with Crippen LogP contribution in [0.15, 0.2) is 42.5 Å². The largest absolute Gasteiger partial charge is 0.493 e. The highest BCUT2D eigenvalue weighted by atomic mass is 127. The van der Waals surface area contributed by atoms with Crippen molar-refractivity contribution in [3.05, 3.63) is 57.2 Å². The molecular formula is C24H31IN2O3. The summed E-state index contributed by atoms with van der Waals surface area (Å²) in [7, 11) is 1.64. The summed E-state index contributed by atoms with van der Waals surface area (Å²) in [4.78, 5) is 12.2. The molecule has 30 heavy (non-hydrogen) atoms. The van der Waals surface area contributed by atoms with Gasteiger partial charge >= 0.3 is 0 Å². The Morgan fingerprint density at radius 1 is 1.10 bits per heavy atom. The molecule has 1 amide bonds. The summed E-state index contributed by atoms with van der Waals surface area (Å²) in [5, 5.41) is 6.57. The molecule has 6 heteroatoms. The maximum absolute atomic E-state index is 12.2. The Bertz CT molecular complexity index is 808. The number of carbonyl (C=O) groups is 1. The van der Waals surface area contributed by atoms with Crippen molar-refractivity contribution in [2.75, 3.05) is 20.3 Å². The summed E-state index contributed by atoms with van der Waals surface area (Å²) in [6, 6.07) is 14.8. The van der Waals surface area contributed by atoms with Gasteiger partial charge in [-0.1, -0.05) is 49.6 Å². The van der Waals surface area contributed by atoms with Crippen LogP contribution in [0, 0.1) is 3.57 Å². The highest BCUT2D eigenvalue weighted by Crippen LogP contribution is 2.34. The minimum Gasteiger partial charge on any atom is -0.493 e. The fourth-order valence-electron chi connectivity index (χ4n) is 3.76. The molecule has 2 N–H and O–H groups in total. The van der Waals surface area contributed by atoms with Gasteiger partial charge in [0.1, 0.15) is 0 Å². The quantitative estimate of drug-likeness (QED) is 0.453. The van der Waals surface area contributed by atoms with Gasteiger partial charge in [-0.3, -0.25) is 4.79 Å². The third-order valence-corrected chi connectivity index (χ3v) is 6.22. The number of amides is 1. The normalized spacial score (nSPS) is 14.3. The lowest BCUT2D eigenvalue weighted by Gasteiger charge is -2.23. The molecule has 2 aromatic rings. The van der Waals surface area contributed by atoms with E-state index in [2.05, 4.69) is 51.4 Å². The molecular weight excluding hydrogens is 491 g/mol. The van der Waals surface area contributed by atoms with Crippen LogP contribution in [0.5, 0.6) is 11.5 Å². The van der Waals surface area contributed by atoms with E-state index in [1.54, 1.807) is 7.11 Å². The van der Waals surface area contributed by atoms with Crippen molar-refractivity contribution in [3.8, 4) is 11.5 Å². The Kier molecular flexibility index (Phi) is 9.27. The van der Waals surface area contributed by atoms with E-state index in [9.17, 15) is 4.79 Å². The zero-order chi connectivity index (χ0) is 21.2. The number of carbonyl (C=O) groups excluding carboxylic acids is 1. The van der Waals surface area contributed by atoms with Gasteiger partial charge in [0.15, 0.2) is 18.1 Å². The third kappa shape index (κ3) is 7.16. The molecule has 1 aliphatic carbocycles. The molecule has 3 rings (SSSR count). The first-order valence-electron chi connectivity index (χ1n) is 10.7. The van der Waals surface area contributed by atoms with Crippen molar-refractivity contribution in [3.63, 3.8) is 0 Å². The number of halogens is 1. The maximum Gasteiger partial charge on any atom is 0.257 e. The Labute approximate surface area is 193 Å². The van der Waals surface area contributed by atoms with Crippen molar-refractivity contribution < 1.29 is 14.3 Å². The van der Waals surface area contributed by atoms with E-state index in [-0.39, 0.29) is 12.5 Å². The molecule has 0 atom stereocenters. The van der Waals surface area contributed by atoms with Gasteiger partial charge in [-0.2, -0.15) is 0 Å². The van der Waals surface area contributed by atoms with Crippen LogP contribution in [0.2, 0.25) is 0 Å². The minimum atomic E-state index is -0.133. The third-order valence-electron chi connectivity index (χ3n) is 5.42. The number of methoxy groups -OCH3 is 1. The minimum absolute atomic E-state index is 0.0270. The van der Waals surface area contributed by atoms with Crippen molar-refractivity contribution >= 4 is 28.5 Å². The van der Waals surface area contributed by atoms with Crippen LogP contribution >= 0.6 is 22.6 Å².